The van der Waals surface area contributed by atoms with E-state index in [2.05, 4.69) is 33.4 Å². The second-order valence-corrected chi connectivity index (χ2v) is 6.60. The van der Waals surface area contributed by atoms with Gasteiger partial charge in [-0.05, 0) is 45.2 Å². The van der Waals surface area contributed by atoms with E-state index in [1.807, 2.05) is 16.5 Å². The zero-order valence-electron chi connectivity index (χ0n) is 15.0. The van der Waals surface area contributed by atoms with E-state index >= 15 is 0 Å². The second kappa shape index (κ2) is 8.09. The number of hydrogen-bond donors (Lipinski definition) is 1. The van der Waals surface area contributed by atoms with Crippen molar-refractivity contribution in [2.45, 2.75) is 52.1 Å². The average Bonchev–Trinajstić information content (AvgIpc) is 2.93. The Morgan fingerprint density at radius 3 is 2.80 bits per heavy atom. The largest absolute Gasteiger partial charge is 0.354 e. The first-order valence-corrected chi connectivity index (χ1v) is 8.95. The molecule has 0 spiro atoms. The number of carbonyl (C=O) groups excluding carboxylic acids is 1. The highest BCUT2D eigenvalue weighted by atomic mass is 16.2. The molecule has 1 fully saturated rings. The fourth-order valence-corrected chi connectivity index (χ4v) is 3.39. The van der Waals surface area contributed by atoms with Crippen LogP contribution >= 0.6 is 0 Å². The highest BCUT2D eigenvalue weighted by molar-refractivity contribution is 5.77. The standard InChI is InChI=1S/C18H26N6O/c1-14-12-15(2)24(22-14)13-16-6-3-4-11-23(16)17(25)7-10-21-18-19-8-5-9-20-18/h5,8-9,12,16H,3-4,6-7,10-11,13H2,1-2H3,(H,19,20,21). The van der Waals surface area contributed by atoms with E-state index in [0.29, 0.717) is 18.9 Å². The van der Waals surface area contributed by atoms with Gasteiger partial charge in [-0.3, -0.25) is 9.48 Å². The molecular formula is C18H26N6O. The zero-order chi connectivity index (χ0) is 17.6. The van der Waals surface area contributed by atoms with Crippen LogP contribution in [0.2, 0.25) is 0 Å². The number of rotatable bonds is 6. The Labute approximate surface area is 148 Å². The predicted molar refractivity (Wildman–Crippen MR) is 96.2 cm³/mol. The summed E-state index contributed by atoms with van der Waals surface area (Å²) in [5.41, 5.74) is 2.18. The lowest BCUT2D eigenvalue weighted by molar-refractivity contribution is -0.135. The predicted octanol–water partition coefficient (Wildman–Crippen LogP) is 2.17. The Bertz CT molecular complexity index is 699. The number of piperidine rings is 1. The molecule has 1 saturated heterocycles. The van der Waals surface area contributed by atoms with Crippen molar-refractivity contribution < 1.29 is 4.79 Å². The minimum absolute atomic E-state index is 0.190. The molecule has 1 aliphatic rings. The topological polar surface area (TPSA) is 75.9 Å². The summed E-state index contributed by atoms with van der Waals surface area (Å²) in [5, 5.41) is 7.65. The molecule has 1 amide bonds. The van der Waals surface area contributed by atoms with Crippen LogP contribution in [0, 0.1) is 13.8 Å². The maximum absolute atomic E-state index is 12.7. The number of aromatic nitrogens is 4. The van der Waals surface area contributed by atoms with E-state index in [1.165, 1.54) is 6.42 Å². The third-order valence-electron chi connectivity index (χ3n) is 4.62. The summed E-state index contributed by atoms with van der Waals surface area (Å²) in [6.45, 7) is 6.24. The molecule has 0 aliphatic carbocycles. The minimum atomic E-state index is 0.190. The molecule has 0 saturated carbocycles. The summed E-state index contributed by atoms with van der Waals surface area (Å²) in [6.07, 6.45) is 7.11. The number of hydrogen-bond acceptors (Lipinski definition) is 5. The molecule has 3 rings (SSSR count). The third-order valence-corrected chi connectivity index (χ3v) is 4.62. The van der Waals surface area contributed by atoms with Crippen LogP contribution in [0.1, 0.15) is 37.1 Å². The summed E-state index contributed by atoms with van der Waals surface area (Å²) in [5.74, 6) is 0.753. The number of carbonyl (C=O) groups is 1. The molecule has 1 aliphatic heterocycles. The molecule has 2 aromatic rings. The van der Waals surface area contributed by atoms with Gasteiger partial charge < -0.3 is 10.2 Å². The van der Waals surface area contributed by atoms with E-state index in [4.69, 9.17) is 0 Å². The molecule has 0 radical (unpaired) electrons. The van der Waals surface area contributed by atoms with Crippen LogP contribution in [0.4, 0.5) is 5.95 Å². The van der Waals surface area contributed by atoms with Gasteiger partial charge in [0.1, 0.15) is 0 Å². The lowest BCUT2D eigenvalue weighted by Crippen LogP contribution is -2.46. The molecule has 0 aromatic carbocycles. The molecule has 1 unspecified atom stereocenters. The molecule has 1 atom stereocenters. The van der Waals surface area contributed by atoms with Crippen molar-refractivity contribution >= 4 is 11.9 Å². The van der Waals surface area contributed by atoms with Crippen LogP contribution in [0.15, 0.2) is 24.5 Å². The molecular weight excluding hydrogens is 316 g/mol. The molecule has 7 heteroatoms. The van der Waals surface area contributed by atoms with Gasteiger partial charge in [0.25, 0.3) is 0 Å². The van der Waals surface area contributed by atoms with Gasteiger partial charge >= 0.3 is 0 Å². The molecule has 7 nitrogen and oxygen atoms in total. The Morgan fingerprint density at radius 1 is 1.28 bits per heavy atom. The SMILES string of the molecule is Cc1cc(C)n(CC2CCCCN2C(=O)CCNc2ncccn2)n1. The molecule has 25 heavy (non-hydrogen) atoms. The van der Waals surface area contributed by atoms with Gasteiger partial charge in [0.05, 0.1) is 18.3 Å². The van der Waals surface area contributed by atoms with E-state index in [-0.39, 0.29) is 11.9 Å². The van der Waals surface area contributed by atoms with Gasteiger partial charge in [-0.1, -0.05) is 0 Å². The lowest BCUT2D eigenvalue weighted by atomic mass is 10.0. The number of nitrogens with one attached hydrogen (secondary N) is 1. The summed E-state index contributed by atoms with van der Waals surface area (Å²) in [6, 6.07) is 4.08. The summed E-state index contributed by atoms with van der Waals surface area (Å²) < 4.78 is 2.03. The smallest absolute Gasteiger partial charge is 0.224 e. The Hall–Kier alpha value is -2.44. The van der Waals surface area contributed by atoms with Gasteiger partial charge in [0.15, 0.2) is 0 Å². The minimum Gasteiger partial charge on any atom is -0.354 e. The highest BCUT2D eigenvalue weighted by Crippen LogP contribution is 2.20. The quantitative estimate of drug-likeness (QED) is 0.871. The Balaban J connectivity index is 1.56. The maximum Gasteiger partial charge on any atom is 0.224 e. The number of aryl methyl sites for hydroxylation is 2. The summed E-state index contributed by atoms with van der Waals surface area (Å²) in [4.78, 5) is 23.0. The first-order chi connectivity index (χ1) is 12.1. The van der Waals surface area contributed by atoms with Crippen molar-refractivity contribution in [3.63, 3.8) is 0 Å². The monoisotopic (exact) mass is 342 g/mol. The molecule has 134 valence electrons. The molecule has 1 N–H and O–H groups in total. The highest BCUT2D eigenvalue weighted by Gasteiger charge is 2.27. The number of nitrogens with zero attached hydrogens (tertiary/aromatic N) is 5. The molecule has 0 bridgehead atoms. The average molecular weight is 342 g/mol. The zero-order valence-corrected chi connectivity index (χ0v) is 15.0. The second-order valence-electron chi connectivity index (χ2n) is 6.60. The summed E-state index contributed by atoms with van der Waals surface area (Å²) >= 11 is 0. The first kappa shape index (κ1) is 17.4. The number of anilines is 1. The normalized spacial score (nSPS) is 17.5. The first-order valence-electron chi connectivity index (χ1n) is 8.95. The van der Waals surface area contributed by atoms with Gasteiger partial charge in [0, 0.05) is 37.6 Å². The van der Waals surface area contributed by atoms with Crippen molar-refractivity contribution in [1.82, 2.24) is 24.6 Å². The van der Waals surface area contributed by atoms with Crippen molar-refractivity contribution in [3.8, 4) is 0 Å². The fraction of sp³-hybridized carbons (Fsp3) is 0.556. The van der Waals surface area contributed by atoms with E-state index in [0.717, 1.165) is 37.3 Å². The lowest BCUT2D eigenvalue weighted by Gasteiger charge is -2.36. The summed E-state index contributed by atoms with van der Waals surface area (Å²) in [7, 11) is 0. The van der Waals surface area contributed by atoms with E-state index in [9.17, 15) is 4.79 Å². The van der Waals surface area contributed by atoms with Crippen LogP contribution in [-0.2, 0) is 11.3 Å². The van der Waals surface area contributed by atoms with E-state index in [1.54, 1.807) is 18.5 Å². The molecule has 3 heterocycles. The van der Waals surface area contributed by atoms with Crippen molar-refractivity contribution in [2.75, 3.05) is 18.4 Å². The van der Waals surface area contributed by atoms with Crippen molar-refractivity contribution in [1.29, 1.82) is 0 Å². The third kappa shape index (κ3) is 4.55. The molecule has 2 aromatic heterocycles. The van der Waals surface area contributed by atoms with Gasteiger partial charge in [-0.25, -0.2) is 9.97 Å². The maximum atomic E-state index is 12.7. The Kier molecular flexibility index (Phi) is 5.63. The van der Waals surface area contributed by atoms with E-state index < -0.39 is 0 Å². The van der Waals surface area contributed by atoms with Crippen LogP contribution in [0.5, 0.6) is 0 Å². The number of likely N-dealkylation sites (tertiary alicyclic amines) is 1. The van der Waals surface area contributed by atoms with Crippen molar-refractivity contribution in [3.05, 3.63) is 35.9 Å². The number of amides is 1. The van der Waals surface area contributed by atoms with Crippen molar-refractivity contribution in [2.24, 2.45) is 0 Å². The fourth-order valence-electron chi connectivity index (χ4n) is 3.39. The van der Waals surface area contributed by atoms with Gasteiger partial charge in [-0.15, -0.1) is 0 Å². The van der Waals surface area contributed by atoms with Gasteiger partial charge in [0.2, 0.25) is 11.9 Å². The van der Waals surface area contributed by atoms with Crippen LogP contribution < -0.4 is 5.32 Å². The van der Waals surface area contributed by atoms with Crippen LogP contribution in [0.25, 0.3) is 0 Å². The van der Waals surface area contributed by atoms with Crippen LogP contribution in [-0.4, -0.2) is 49.7 Å². The van der Waals surface area contributed by atoms with Gasteiger partial charge in [-0.2, -0.15) is 5.10 Å². The Morgan fingerprint density at radius 2 is 2.08 bits per heavy atom. The van der Waals surface area contributed by atoms with Crippen LogP contribution in [0.3, 0.4) is 0 Å².